The second-order valence-electron chi connectivity index (χ2n) is 2.90. The molecule has 13 heavy (non-hydrogen) atoms. The normalized spacial score (nSPS) is 12.4. The lowest BCUT2D eigenvalue weighted by atomic mass is 10.0. The molecule has 0 saturated carbocycles. The van der Waals surface area contributed by atoms with E-state index in [0.717, 1.165) is 11.8 Å². The Morgan fingerprint density at radius 3 is 2.92 bits per heavy atom. The van der Waals surface area contributed by atoms with Crippen molar-refractivity contribution in [2.45, 2.75) is 5.92 Å². The summed E-state index contributed by atoms with van der Waals surface area (Å²) < 4.78 is 0. The number of phenols is 1. The lowest BCUT2D eigenvalue weighted by Crippen LogP contribution is -2.18. The van der Waals surface area contributed by atoms with Gasteiger partial charge in [0, 0.05) is 6.54 Å². The largest absolute Gasteiger partial charge is 0.508 e. The van der Waals surface area contributed by atoms with Gasteiger partial charge in [-0.25, -0.2) is 0 Å². The van der Waals surface area contributed by atoms with Gasteiger partial charge in [0.25, 0.3) is 0 Å². The molecular formula is C10H13NO2. The maximum absolute atomic E-state index is 10.7. The van der Waals surface area contributed by atoms with Crippen LogP contribution in [0.5, 0.6) is 5.75 Å². The maximum Gasteiger partial charge on any atom is 0.128 e. The number of likely N-dealkylation sites (N-methyl/N-ethyl adjacent to an activating group) is 1. The molecule has 0 aliphatic carbocycles. The smallest absolute Gasteiger partial charge is 0.128 e. The Labute approximate surface area is 77.4 Å². The number of aldehydes is 1. The monoisotopic (exact) mass is 179 g/mol. The molecule has 3 heteroatoms. The molecule has 0 fully saturated rings. The summed E-state index contributed by atoms with van der Waals surface area (Å²) in [4.78, 5) is 10.7. The molecule has 3 nitrogen and oxygen atoms in total. The molecule has 0 aliphatic rings. The Morgan fingerprint density at radius 2 is 2.38 bits per heavy atom. The third kappa shape index (κ3) is 2.56. The first-order valence-electron chi connectivity index (χ1n) is 4.16. The molecule has 0 spiro atoms. The Kier molecular flexibility index (Phi) is 3.46. The van der Waals surface area contributed by atoms with E-state index in [1.165, 1.54) is 0 Å². The average Bonchev–Trinajstić information content (AvgIpc) is 2.14. The summed E-state index contributed by atoms with van der Waals surface area (Å²) in [6, 6.07) is 6.76. The predicted molar refractivity (Wildman–Crippen MR) is 50.8 cm³/mol. The summed E-state index contributed by atoms with van der Waals surface area (Å²) in [7, 11) is 1.79. The lowest BCUT2D eigenvalue weighted by molar-refractivity contribution is -0.109. The van der Waals surface area contributed by atoms with Gasteiger partial charge in [-0.2, -0.15) is 0 Å². The van der Waals surface area contributed by atoms with Crippen LogP contribution in [0.4, 0.5) is 0 Å². The van der Waals surface area contributed by atoms with E-state index < -0.39 is 0 Å². The molecular weight excluding hydrogens is 166 g/mol. The molecule has 1 unspecified atom stereocenters. The minimum Gasteiger partial charge on any atom is -0.508 e. The number of benzene rings is 1. The first-order chi connectivity index (χ1) is 6.27. The van der Waals surface area contributed by atoms with Crippen molar-refractivity contribution >= 4 is 6.29 Å². The average molecular weight is 179 g/mol. The van der Waals surface area contributed by atoms with E-state index >= 15 is 0 Å². The highest BCUT2D eigenvalue weighted by molar-refractivity contribution is 5.62. The first kappa shape index (κ1) is 9.74. The van der Waals surface area contributed by atoms with Gasteiger partial charge in [0.2, 0.25) is 0 Å². The molecule has 1 rings (SSSR count). The van der Waals surface area contributed by atoms with Crippen molar-refractivity contribution in [3.05, 3.63) is 29.8 Å². The van der Waals surface area contributed by atoms with Gasteiger partial charge in [-0.1, -0.05) is 12.1 Å². The van der Waals surface area contributed by atoms with Crippen LogP contribution < -0.4 is 5.32 Å². The highest BCUT2D eigenvalue weighted by atomic mass is 16.3. The first-order valence-corrected chi connectivity index (χ1v) is 4.16. The summed E-state index contributed by atoms with van der Waals surface area (Å²) in [5, 5.41) is 12.1. The topological polar surface area (TPSA) is 49.3 Å². The van der Waals surface area contributed by atoms with Crippen LogP contribution in [0.25, 0.3) is 0 Å². The molecule has 2 N–H and O–H groups in total. The number of hydrogen-bond acceptors (Lipinski definition) is 3. The van der Waals surface area contributed by atoms with E-state index in [1.807, 2.05) is 6.07 Å². The molecule has 0 aromatic heterocycles. The van der Waals surface area contributed by atoms with Crippen molar-refractivity contribution in [1.29, 1.82) is 0 Å². The van der Waals surface area contributed by atoms with Crippen LogP contribution in [-0.2, 0) is 4.79 Å². The van der Waals surface area contributed by atoms with Crippen LogP contribution in [0.2, 0.25) is 0 Å². The minimum absolute atomic E-state index is 0.183. The molecule has 0 saturated heterocycles. The quantitative estimate of drug-likeness (QED) is 0.675. The van der Waals surface area contributed by atoms with Crippen molar-refractivity contribution in [2.75, 3.05) is 13.6 Å². The number of carbonyl (C=O) groups is 1. The second kappa shape index (κ2) is 4.62. The summed E-state index contributed by atoms with van der Waals surface area (Å²) in [5.41, 5.74) is 0.837. The summed E-state index contributed by atoms with van der Waals surface area (Å²) >= 11 is 0. The number of phenolic OH excluding ortho intramolecular Hbond substituents is 1. The standard InChI is InChI=1S/C10H13NO2/c1-11-6-9(7-12)8-3-2-4-10(13)5-8/h2-5,7,9,11,13H,6H2,1H3. The zero-order valence-corrected chi connectivity index (χ0v) is 7.53. The molecule has 0 amide bonds. The molecule has 70 valence electrons. The third-order valence-electron chi connectivity index (χ3n) is 1.89. The van der Waals surface area contributed by atoms with Gasteiger partial charge in [-0.3, -0.25) is 0 Å². The van der Waals surface area contributed by atoms with Crippen LogP contribution in [0.3, 0.4) is 0 Å². The molecule has 0 radical (unpaired) electrons. The number of hydrogen-bond donors (Lipinski definition) is 2. The Balaban J connectivity index is 2.84. The highest BCUT2D eigenvalue weighted by Crippen LogP contribution is 2.17. The number of aromatic hydroxyl groups is 1. The Bertz CT molecular complexity index is 286. The molecule has 0 heterocycles. The van der Waals surface area contributed by atoms with Crippen molar-refractivity contribution in [3.8, 4) is 5.75 Å². The molecule has 1 aromatic carbocycles. The Morgan fingerprint density at radius 1 is 1.62 bits per heavy atom. The fourth-order valence-electron chi connectivity index (χ4n) is 1.22. The number of carbonyl (C=O) groups excluding carboxylic acids is 1. The van der Waals surface area contributed by atoms with Gasteiger partial charge in [0.05, 0.1) is 5.92 Å². The molecule has 0 aliphatic heterocycles. The van der Waals surface area contributed by atoms with Gasteiger partial charge in [-0.15, -0.1) is 0 Å². The molecule has 0 bridgehead atoms. The van der Waals surface area contributed by atoms with Crippen LogP contribution in [0, 0.1) is 0 Å². The zero-order chi connectivity index (χ0) is 9.68. The van der Waals surface area contributed by atoms with E-state index in [0.29, 0.717) is 6.54 Å². The van der Waals surface area contributed by atoms with Gasteiger partial charge in [0.1, 0.15) is 12.0 Å². The third-order valence-corrected chi connectivity index (χ3v) is 1.89. The van der Waals surface area contributed by atoms with Crippen LogP contribution in [0.1, 0.15) is 11.5 Å². The number of nitrogens with one attached hydrogen (secondary N) is 1. The van der Waals surface area contributed by atoms with Crippen LogP contribution in [0.15, 0.2) is 24.3 Å². The van der Waals surface area contributed by atoms with E-state index in [1.54, 1.807) is 25.2 Å². The van der Waals surface area contributed by atoms with Gasteiger partial charge >= 0.3 is 0 Å². The van der Waals surface area contributed by atoms with Crippen molar-refractivity contribution in [2.24, 2.45) is 0 Å². The second-order valence-corrected chi connectivity index (χ2v) is 2.90. The van der Waals surface area contributed by atoms with Crippen LogP contribution >= 0.6 is 0 Å². The van der Waals surface area contributed by atoms with Gasteiger partial charge < -0.3 is 15.2 Å². The maximum atomic E-state index is 10.7. The molecule has 1 atom stereocenters. The lowest BCUT2D eigenvalue weighted by Gasteiger charge is -2.09. The van der Waals surface area contributed by atoms with Crippen LogP contribution in [-0.4, -0.2) is 25.0 Å². The predicted octanol–water partition coefficient (Wildman–Crippen LogP) is 0.894. The Hall–Kier alpha value is -1.35. The summed E-state index contributed by atoms with van der Waals surface area (Å²) in [6.45, 7) is 0.590. The van der Waals surface area contributed by atoms with Gasteiger partial charge in [0.15, 0.2) is 0 Å². The summed E-state index contributed by atoms with van der Waals surface area (Å²) in [5.74, 6) is 0.0116. The number of rotatable bonds is 4. The van der Waals surface area contributed by atoms with E-state index in [-0.39, 0.29) is 11.7 Å². The van der Waals surface area contributed by atoms with E-state index in [2.05, 4.69) is 5.32 Å². The van der Waals surface area contributed by atoms with Crippen molar-refractivity contribution in [3.63, 3.8) is 0 Å². The molecule has 1 aromatic rings. The summed E-state index contributed by atoms with van der Waals surface area (Å²) in [6.07, 6.45) is 0.880. The fourth-order valence-corrected chi connectivity index (χ4v) is 1.22. The van der Waals surface area contributed by atoms with E-state index in [4.69, 9.17) is 0 Å². The van der Waals surface area contributed by atoms with Gasteiger partial charge in [-0.05, 0) is 24.7 Å². The SMILES string of the molecule is CNCC(C=O)c1cccc(O)c1. The zero-order valence-electron chi connectivity index (χ0n) is 7.53. The van der Waals surface area contributed by atoms with Crippen molar-refractivity contribution < 1.29 is 9.90 Å². The van der Waals surface area contributed by atoms with Crippen molar-refractivity contribution in [1.82, 2.24) is 5.32 Å². The highest BCUT2D eigenvalue weighted by Gasteiger charge is 2.08. The van der Waals surface area contributed by atoms with E-state index in [9.17, 15) is 9.90 Å². The minimum atomic E-state index is -0.183. The fraction of sp³-hybridized carbons (Fsp3) is 0.300.